The summed E-state index contributed by atoms with van der Waals surface area (Å²) in [6.07, 6.45) is 1.52. The van der Waals surface area contributed by atoms with Gasteiger partial charge >= 0.3 is 0 Å². The van der Waals surface area contributed by atoms with Gasteiger partial charge < -0.3 is 10.6 Å². The lowest BCUT2D eigenvalue weighted by atomic mass is 10.2. The van der Waals surface area contributed by atoms with Gasteiger partial charge in [-0.1, -0.05) is 0 Å². The summed E-state index contributed by atoms with van der Waals surface area (Å²) < 4.78 is 40.0. The van der Waals surface area contributed by atoms with Crippen molar-refractivity contribution in [3.05, 3.63) is 41.3 Å². The maximum atomic E-state index is 13.6. The van der Waals surface area contributed by atoms with Gasteiger partial charge in [0.1, 0.15) is 17.3 Å². The van der Waals surface area contributed by atoms with E-state index in [1.54, 1.807) is 6.92 Å². The lowest BCUT2D eigenvalue weighted by Crippen LogP contribution is -2.07. The number of benzene rings is 1. The molecular weight excluding hydrogens is 269 g/mol. The van der Waals surface area contributed by atoms with E-state index in [1.807, 2.05) is 6.92 Å². The van der Waals surface area contributed by atoms with Crippen molar-refractivity contribution in [1.29, 1.82) is 0 Å². The predicted molar refractivity (Wildman–Crippen MR) is 70.5 cm³/mol. The van der Waals surface area contributed by atoms with Crippen molar-refractivity contribution in [3.63, 3.8) is 0 Å². The molecule has 7 heteroatoms. The van der Waals surface area contributed by atoms with E-state index in [0.29, 0.717) is 30.2 Å². The number of halogens is 3. The summed E-state index contributed by atoms with van der Waals surface area (Å²) in [6.45, 7) is 4.18. The highest BCUT2D eigenvalue weighted by Crippen LogP contribution is 2.25. The van der Waals surface area contributed by atoms with Gasteiger partial charge in [0.05, 0.1) is 0 Å². The summed E-state index contributed by atoms with van der Waals surface area (Å²) in [6, 6.07) is 1.21. The molecule has 2 rings (SSSR count). The molecule has 0 aliphatic carbocycles. The molecule has 0 saturated carbocycles. The normalized spacial score (nSPS) is 10.4. The lowest BCUT2D eigenvalue weighted by Gasteiger charge is -2.11. The van der Waals surface area contributed by atoms with Crippen LogP contribution in [-0.2, 0) is 0 Å². The first kappa shape index (κ1) is 14.1. The molecule has 0 saturated heterocycles. The number of nitrogens with zero attached hydrogens (tertiary/aromatic N) is 2. The summed E-state index contributed by atoms with van der Waals surface area (Å²) in [4.78, 5) is 8.12. The Morgan fingerprint density at radius 1 is 1.15 bits per heavy atom. The van der Waals surface area contributed by atoms with E-state index in [0.717, 1.165) is 0 Å². The zero-order valence-electron chi connectivity index (χ0n) is 11.0. The average molecular weight is 282 g/mol. The molecule has 0 atom stereocenters. The molecule has 0 spiro atoms. The van der Waals surface area contributed by atoms with E-state index in [2.05, 4.69) is 20.6 Å². The fourth-order valence-electron chi connectivity index (χ4n) is 1.59. The van der Waals surface area contributed by atoms with Gasteiger partial charge in [0, 0.05) is 30.4 Å². The van der Waals surface area contributed by atoms with Gasteiger partial charge in [0.2, 0.25) is 5.95 Å². The number of hydrogen-bond acceptors (Lipinski definition) is 4. The van der Waals surface area contributed by atoms with Gasteiger partial charge in [-0.2, -0.15) is 4.98 Å². The van der Waals surface area contributed by atoms with Crippen LogP contribution in [0.2, 0.25) is 0 Å². The van der Waals surface area contributed by atoms with E-state index < -0.39 is 23.1 Å². The first-order valence-corrected chi connectivity index (χ1v) is 6.00. The lowest BCUT2D eigenvalue weighted by molar-refractivity contribution is 0.548. The summed E-state index contributed by atoms with van der Waals surface area (Å²) in [5.74, 6) is -2.43. The van der Waals surface area contributed by atoms with Crippen LogP contribution in [0.4, 0.5) is 30.6 Å². The van der Waals surface area contributed by atoms with Gasteiger partial charge in [-0.05, 0) is 13.8 Å². The zero-order chi connectivity index (χ0) is 14.7. The summed E-state index contributed by atoms with van der Waals surface area (Å²) in [5, 5.41) is 5.42. The number of nitrogens with one attached hydrogen (secondary N) is 2. The molecule has 0 unspecified atom stereocenters. The second-order valence-electron chi connectivity index (χ2n) is 4.12. The molecular formula is C13H13F3N4. The Morgan fingerprint density at radius 3 is 2.40 bits per heavy atom. The molecule has 0 aliphatic heterocycles. The third kappa shape index (κ3) is 2.98. The van der Waals surface area contributed by atoms with Crippen LogP contribution >= 0.6 is 0 Å². The van der Waals surface area contributed by atoms with E-state index in [1.165, 1.54) is 6.20 Å². The zero-order valence-corrected chi connectivity index (χ0v) is 11.0. The molecule has 1 aromatic carbocycles. The first-order chi connectivity index (χ1) is 9.51. The number of anilines is 3. The molecule has 2 N–H and O–H groups in total. The number of aryl methyl sites for hydroxylation is 1. The van der Waals surface area contributed by atoms with Crippen molar-refractivity contribution in [3.8, 4) is 0 Å². The van der Waals surface area contributed by atoms with Crippen molar-refractivity contribution >= 4 is 17.5 Å². The minimum Gasteiger partial charge on any atom is -0.354 e. The van der Waals surface area contributed by atoms with Crippen molar-refractivity contribution in [2.75, 3.05) is 17.2 Å². The Balaban J connectivity index is 2.37. The van der Waals surface area contributed by atoms with Crippen LogP contribution in [0.5, 0.6) is 0 Å². The Kier molecular flexibility index (Phi) is 4.07. The molecule has 0 aliphatic rings. The molecule has 20 heavy (non-hydrogen) atoms. The van der Waals surface area contributed by atoms with E-state index >= 15 is 0 Å². The van der Waals surface area contributed by atoms with Crippen molar-refractivity contribution in [2.24, 2.45) is 0 Å². The molecule has 0 amide bonds. The topological polar surface area (TPSA) is 49.8 Å². The van der Waals surface area contributed by atoms with E-state index in [9.17, 15) is 13.2 Å². The fraction of sp³-hybridized carbons (Fsp3) is 0.231. The van der Waals surface area contributed by atoms with Crippen molar-refractivity contribution in [2.45, 2.75) is 13.8 Å². The predicted octanol–water partition coefficient (Wildman–Crippen LogP) is 3.38. The number of aromatic nitrogens is 2. The quantitative estimate of drug-likeness (QED) is 0.902. The monoisotopic (exact) mass is 282 g/mol. The van der Waals surface area contributed by atoms with Crippen LogP contribution < -0.4 is 10.6 Å². The second-order valence-corrected chi connectivity index (χ2v) is 4.12. The Morgan fingerprint density at radius 2 is 1.80 bits per heavy atom. The first-order valence-electron chi connectivity index (χ1n) is 6.00. The summed E-state index contributed by atoms with van der Waals surface area (Å²) in [5.41, 5.74) is 0.158. The van der Waals surface area contributed by atoms with Gasteiger partial charge in [-0.25, -0.2) is 18.2 Å². The molecule has 2 aromatic rings. The minimum atomic E-state index is -1.02. The maximum Gasteiger partial charge on any atom is 0.224 e. The number of hydrogen-bond donors (Lipinski definition) is 2. The fourth-order valence-corrected chi connectivity index (χ4v) is 1.59. The molecule has 0 bridgehead atoms. The van der Waals surface area contributed by atoms with Crippen LogP contribution in [-0.4, -0.2) is 16.5 Å². The molecule has 106 valence electrons. The van der Waals surface area contributed by atoms with Crippen LogP contribution in [0.25, 0.3) is 0 Å². The average Bonchev–Trinajstić information content (AvgIpc) is 2.37. The highest BCUT2D eigenvalue weighted by molar-refractivity contribution is 5.61. The Labute approximate surface area is 114 Å². The second kappa shape index (κ2) is 5.77. The Bertz CT molecular complexity index is 608. The van der Waals surface area contributed by atoms with Crippen LogP contribution in [0.15, 0.2) is 18.3 Å². The van der Waals surface area contributed by atoms with Crippen LogP contribution in [0.1, 0.15) is 12.5 Å². The molecule has 1 heterocycles. The van der Waals surface area contributed by atoms with Gasteiger partial charge in [-0.3, -0.25) is 0 Å². The van der Waals surface area contributed by atoms with Crippen LogP contribution in [0.3, 0.4) is 0 Å². The standard InChI is InChI=1S/C13H13F3N4/c1-3-17-13-18-6-7(2)12(20-13)19-11-9(15)4-8(14)5-10(11)16/h4-6H,3H2,1-2H3,(H2,17,18,19,20). The highest BCUT2D eigenvalue weighted by Gasteiger charge is 2.13. The van der Waals surface area contributed by atoms with Gasteiger partial charge in [-0.15, -0.1) is 0 Å². The SMILES string of the molecule is CCNc1ncc(C)c(Nc2c(F)cc(F)cc2F)n1. The summed E-state index contributed by atoms with van der Waals surface area (Å²) in [7, 11) is 0. The molecule has 0 fully saturated rings. The molecule has 0 radical (unpaired) electrons. The van der Waals surface area contributed by atoms with Crippen molar-refractivity contribution < 1.29 is 13.2 Å². The maximum absolute atomic E-state index is 13.6. The minimum absolute atomic E-state index is 0.250. The Hall–Kier alpha value is -2.31. The third-order valence-electron chi connectivity index (χ3n) is 2.56. The van der Waals surface area contributed by atoms with E-state index in [-0.39, 0.29) is 5.82 Å². The largest absolute Gasteiger partial charge is 0.354 e. The van der Waals surface area contributed by atoms with Crippen molar-refractivity contribution in [1.82, 2.24) is 9.97 Å². The van der Waals surface area contributed by atoms with E-state index in [4.69, 9.17) is 0 Å². The smallest absolute Gasteiger partial charge is 0.224 e. The highest BCUT2D eigenvalue weighted by atomic mass is 19.1. The third-order valence-corrected chi connectivity index (χ3v) is 2.56. The molecule has 4 nitrogen and oxygen atoms in total. The number of rotatable bonds is 4. The van der Waals surface area contributed by atoms with Gasteiger partial charge in [0.25, 0.3) is 0 Å². The van der Waals surface area contributed by atoms with Crippen LogP contribution in [0, 0.1) is 24.4 Å². The van der Waals surface area contributed by atoms with Gasteiger partial charge in [0.15, 0.2) is 11.6 Å². The molecule has 1 aromatic heterocycles. The summed E-state index contributed by atoms with van der Waals surface area (Å²) >= 11 is 0.